The number of hydrogen-bond acceptors (Lipinski definition) is 5. The summed E-state index contributed by atoms with van der Waals surface area (Å²) in [7, 11) is 0. The summed E-state index contributed by atoms with van der Waals surface area (Å²) in [6, 6.07) is 12.7. The molecule has 7 nitrogen and oxygen atoms in total. The SMILES string of the molecule is CCOc1ccccc1[S+]([O-])NC(=O)c1cc2c(-n3ccnc3)cc(C3CC3)cc2o1. The van der Waals surface area contributed by atoms with E-state index in [9.17, 15) is 9.35 Å². The normalized spacial score (nSPS) is 14.5. The van der Waals surface area contributed by atoms with Crippen LogP contribution in [0.2, 0.25) is 0 Å². The van der Waals surface area contributed by atoms with Gasteiger partial charge >= 0.3 is 5.91 Å². The molecule has 31 heavy (non-hydrogen) atoms. The number of benzene rings is 2. The Morgan fingerprint density at radius 1 is 1.32 bits per heavy atom. The molecule has 5 rings (SSSR count). The molecule has 0 saturated heterocycles. The van der Waals surface area contributed by atoms with Crippen molar-refractivity contribution in [2.45, 2.75) is 30.6 Å². The van der Waals surface area contributed by atoms with E-state index >= 15 is 0 Å². The number of amides is 1. The predicted octanol–water partition coefficient (Wildman–Crippen LogP) is 4.35. The fourth-order valence-electron chi connectivity index (χ4n) is 3.59. The summed E-state index contributed by atoms with van der Waals surface area (Å²) in [4.78, 5) is 17.4. The number of ether oxygens (including phenoxy) is 1. The molecule has 0 aliphatic heterocycles. The molecule has 1 amide bonds. The Hall–Kier alpha value is -3.23. The van der Waals surface area contributed by atoms with E-state index in [-0.39, 0.29) is 5.76 Å². The van der Waals surface area contributed by atoms with Gasteiger partial charge in [-0.25, -0.2) is 4.98 Å². The van der Waals surface area contributed by atoms with Crippen molar-refractivity contribution >= 4 is 28.2 Å². The number of nitrogens with one attached hydrogen (secondary N) is 1. The average Bonchev–Trinajstić information content (AvgIpc) is 3.30. The predicted molar refractivity (Wildman–Crippen MR) is 117 cm³/mol. The van der Waals surface area contributed by atoms with Gasteiger partial charge in [-0.2, -0.15) is 4.72 Å². The molecular formula is C23H21N3O4S. The monoisotopic (exact) mass is 435 g/mol. The lowest BCUT2D eigenvalue weighted by atomic mass is 10.1. The fraction of sp³-hybridized carbons (Fsp3) is 0.217. The Bertz CT molecular complexity index is 1230. The molecule has 2 aromatic carbocycles. The molecule has 158 valence electrons. The molecule has 0 spiro atoms. The first kappa shape index (κ1) is 19.7. The van der Waals surface area contributed by atoms with E-state index in [1.165, 1.54) is 5.56 Å². The molecule has 0 radical (unpaired) electrons. The number of rotatable bonds is 7. The number of para-hydroxylation sites is 1. The van der Waals surface area contributed by atoms with E-state index in [0.717, 1.165) is 23.9 Å². The first-order valence-electron chi connectivity index (χ1n) is 10.1. The van der Waals surface area contributed by atoms with E-state index in [4.69, 9.17) is 9.15 Å². The minimum atomic E-state index is -1.79. The van der Waals surface area contributed by atoms with Crippen molar-refractivity contribution in [3.05, 3.63) is 72.5 Å². The fourth-order valence-corrected chi connectivity index (χ4v) is 4.48. The van der Waals surface area contributed by atoms with Crippen molar-refractivity contribution in [2.75, 3.05) is 6.61 Å². The molecule has 2 aromatic heterocycles. The highest BCUT2D eigenvalue weighted by molar-refractivity contribution is 7.90. The number of carbonyl (C=O) groups is 1. The maximum atomic E-state index is 12.8. The van der Waals surface area contributed by atoms with E-state index in [2.05, 4.69) is 15.8 Å². The van der Waals surface area contributed by atoms with Crippen LogP contribution in [0.4, 0.5) is 0 Å². The summed E-state index contributed by atoms with van der Waals surface area (Å²) < 4.78 is 28.6. The van der Waals surface area contributed by atoms with Gasteiger partial charge in [0.05, 0.1) is 18.6 Å². The lowest BCUT2D eigenvalue weighted by molar-refractivity contribution is 0.0956. The molecule has 1 atom stereocenters. The number of furan rings is 1. The minimum absolute atomic E-state index is 0.103. The van der Waals surface area contributed by atoms with Crippen molar-refractivity contribution < 1.29 is 18.5 Å². The van der Waals surface area contributed by atoms with Crippen LogP contribution in [0.15, 0.2) is 70.5 Å². The van der Waals surface area contributed by atoms with Gasteiger partial charge in [0.25, 0.3) is 0 Å². The lowest BCUT2D eigenvalue weighted by Crippen LogP contribution is -2.30. The quantitative estimate of drug-likeness (QED) is 0.436. The topological polar surface area (TPSA) is 92.3 Å². The number of imidazole rings is 1. The molecule has 8 heteroatoms. The second-order valence-corrected chi connectivity index (χ2v) is 8.57. The second kappa shape index (κ2) is 8.13. The van der Waals surface area contributed by atoms with E-state index in [1.54, 1.807) is 42.9 Å². The highest BCUT2D eigenvalue weighted by atomic mass is 32.2. The average molecular weight is 436 g/mol. The Balaban J connectivity index is 1.46. The number of carbonyl (C=O) groups excluding carboxylic acids is 1. The van der Waals surface area contributed by atoms with Gasteiger partial charge in [-0.1, -0.05) is 12.1 Å². The summed E-state index contributed by atoms with van der Waals surface area (Å²) >= 11 is -1.79. The van der Waals surface area contributed by atoms with Crippen LogP contribution >= 0.6 is 0 Å². The summed E-state index contributed by atoms with van der Waals surface area (Å²) in [6.07, 6.45) is 7.60. The molecule has 1 fully saturated rings. The third kappa shape index (κ3) is 3.92. The molecule has 1 unspecified atom stereocenters. The van der Waals surface area contributed by atoms with Crippen LogP contribution in [0.3, 0.4) is 0 Å². The third-order valence-electron chi connectivity index (χ3n) is 5.23. The maximum Gasteiger partial charge on any atom is 0.328 e. The standard InChI is InChI=1S/C23H21N3O4S/c1-2-29-19-5-3-4-6-22(19)31(28)25-23(27)21-13-17-18(26-10-9-24-14-26)11-16(15-7-8-15)12-20(17)30-21/h3-6,9-15H,2,7-8H2,1H3,(H,25,27). The van der Waals surface area contributed by atoms with Gasteiger partial charge in [0.1, 0.15) is 16.9 Å². The molecule has 1 N–H and O–H groups in total. The minimum Gasteiger partial charge on any atom is -0.588 e. The van der Waals surface area contributed by atoms with Gasteiger partial charge in [0.2, 0.25) is 4.90 Å². The summed E-state index contributed by atoms with van der Waals surface area (Å²) in [6.45, 7) is 2.28. The lowest BCUT2D eigenvalue weighted by Gasteiger charge is -2.12. The highest BCUT2D eigenvalue weighted by Crippen LogP contribution is 2.42. The zero-order chi connectivity index (χ0) is 21.4. The summed E-state index contributed by atoms with van der Waals surface area (Å²) in [5.74, 6) is 0.554. The van der Waals surface area contributed by atoms with Crippen molar-refractivity contribution in [1.29, 1.82) is 0 Å². The van der Waals surface area contributed by atoms with Crippen LogP contribution < -0.4 is 9.46 Å². The zero-order valence-electron chi connectivity index (χ0n) is 16.9. The van der Waals surface area contributed by atoms with Crippen molar-refractivity contribution in [2.24, 2.45) is 0 Å². The molecule has 1 aliphatic rings. The summed E-state index contributed by atoms with van der Waals surface area (Å²) in [5, 5.41) is 0.799. The number of nitrogens with zero attached hydrogens (tertiary/aromatic N) is 2. The van der Waals surface area contributed by atoms with Gasteiger partial charge in [0, 0.05) is 17.8 Å². The smallest absolute Gasteiger partial charge is 0.328 e. The van der Waals surface area contributed by atoms with Gasteiger partial charge in [-0.05, 0) is 61.6 Å². The van der Waals surface area contributed by atoms with E-state index < -0.39 is 17.3 Å². The van der Waals surface area contributed by atoms with Gasteiger partial charge in [-0.15, -0.1) is 0 Å². The van der Waals surface area contributed by atoms with Crippen LogP contribution in [-0.4, -0.2) is 26.6 Å². The number of aromatic nitrogens is 2. The Kier molecular flexibility index (Phi) is 5.17. The molecular weight excluding hydrogens is 414 g/mol. The molecule has 0 bridgehead atoms. The highest BCUT2D eigenvalue weighted by Gasteiger charge is 2.27. The van der Waals surface area contributed by atoms with E-state index in [1.807, 2.05) is 23.8 Å². The van der Waals surface area contributed by atoms with Gasteiger partial charge < -0.3 is 18.3 Å². The summed E-state index contributed by atoms with van der Waals surface area (Å²) in [5.41, 5.74) is 2.72. The van der Waals surface area contributed by atoms with Crippen molar-refractivity contribution in [3.63, 3.8) is 0 Å². The molecule has 1 aliphatic carbocycles. The van der Waals surface area contributed by atoms with Crippen LogP contribution in [0.25, 0.3) is 16.7 Å². The molecule has 2 heterocycles. The van der Waals surface area contributed by atoms with Crippen LogP contribution in [0.5, 0.6) is 5.75 Å². The van der Waals surface area contributed by atoms with Gasteiger partial charge in [-0.3, -0.25) is 4.79 Å². The number of fused-ring (bicyclic) bond motifs is 1. The number of hydrogen-bond donors (Lipinski definition) is 1. The van der Waals surface area contributed by atoms with Crippen LogP contribution in [-0.2, 0) is 11.4 Å². The van der Waals surface area contributed by atoms with Crippen molar-refractivity contribution in [1.82, 2.24) is 14.3 Å². The zero-order valence-corrected chi connectivity index (χ0v) is 17.7. The maximum absolute atomic E-state index is 12.8. The second-order valence-electron chi connectivity index (χ2n) is 7.39. The Labute approximate surface area is 182 Å². The van der Waals surface area contributed by atoms with E-state index in [0.29, 0.717) is 28.8 Å². The first-order chi connectivity index (χ1) is 15.1. The Morgan fingerprint density at radius 2 is 2.16 bits per heavy atom. The van der Waals surface area contributed by atoms with Crippen LogP contribution in [0, 0.1) is 0 Å². The molecule has 4 aromatic rings. The third-order valence-corrected chi connectivity index (χ3v) is 6.33. The molecule has 1 saturated carbocycles. The van der Waals surface area contributed by atoms with Crippen molar-refractivity contribution in [3.8, 4) is 11.4 Å². The Morgan fingerprint density at radius 3 is 2.90 bits per heavy atom. The van der Waals surface area contributed by atoms with Gasteiger partial charge in [0.15, 0.2) is 11.5 Å². The first-order valence-corrected chi connectivity index (χ1v) is 11.3. The van der Waals surface area contributed by atoms with Crippen LogP contribution in [0.1, 0.15) is 41.8 Å². The largest absolute Gasteiger partial charge is 0.588 e.